The number of allylic oxidation sites excluding steroid dienone is 3. The fraction of sp³-hybridized carbons (Fsp3) is 0.154. The summed E-state index contributed by atoms with van der Waals surface area (Å²) >= 11 is 4.61. The predicted molar refractivity (Wildman–Crippen MR) is 142 cm³/mol. The number of carbonyl (C=O) groups is 2. The number of benzene rings is 2. The maximum absolute atomic E-state index is 13.4. The summed E-state index contributed by atoms with van der Waals surface area (Å²) in [4.78, 5) is 30.0. The van der Waals surface area contributed by atoms with Crippen molar-refractivity contribution in [2.24, 2.45) is 5.10 Å². The Morgan fingerprint density at radius 1 is 1.22 bits per heavy atom. The molecule has 1 aromatic heterocycles. The maximum Gasteiger partial charge on any atom is 0.203 e. The molecule has 1 aliphatic heterocycles. The summed E-state index contributed by atoms with van der Waals surface area (Å²) in [7, 11) is 0. The van der Waals surface area contributed by atoms with E-state index < -0.39 is 22.7 Å². The van der Waals surface area contributed by atoms with E-state index in [-0.39, 0.29) is 45.3 Å². The topological polar surface area (TPSA) is 141 Å². The number of ether oxygens (including phenoxy) is 1. The van der Waals surface area contributed by atoms with Crippen molar-refractivity contribution in [1.29, 1.82) is 0 Å². The molecule has 0 radical (unpaired) electrons. The number of aromatic nitrogens is 1. The average molecular weight is 582 g/mol. The first-order valence-corrected chi connectivity index (χ1v) is 12.7. The number of Topliss-reactive ketones (excluding diaryl/α,β-unsaturated/α-hetero) is 2. The average Bonchev–Trinajstić information content (AvgIpc) is 3.42. The second-order valence-electron chi connectivity index (χ2n) is 8.74. The zero-order chi connectivity index (χ0) is 26.6. The van der Waals surface area contributed by atoms with Crippen molar-refractivity contribution in [3.8, 4) is 28.5 Å². The molecule has 0 amide bonds. The number of aliphatic hydroxyl groups is 1. The molecule has 188 valence electrons. The van der Waals surface area contributed by atoms with Gasteiger partial charge in [0.25, 0.3) is 0 Å². The number of anilines is 1. The molecule has 2 aromatic carbocycles. The number of rotatable bonds is 5. The normalized spacial score (nSPS) is 18.5. The monoisotopic (exact) mass is 581 g/mol. The number of hydrogen-bond donors (Lipinski definition) is 4. The number of aliphatic hydroxyl groups excluding tert-OH is 1. The summed E-state index contributed by atoms with van der Waals surface area (Å²) < 4.78 is 6.92. The second-order valence-corrected chi connectivity index (χ2v) is 10.5. The van der Waals surface area contributed by atoms with Gasteiger partial charge in [0.05, 0.1) is 23.0 Å². The summed E-state index contributed by atoms with van der Waals surface area (Å²) in [6.07, 6.45) is 2.82. The molecule has 2 heterocycles. The highest BCUT2D eigenvalue weighted by Crippen LogP contribution is 2.60. The number of carbonyl (C=O) groups excluding carboxylic acids is 2. The van der Waals surface area contributed by atoms with Crippen molar-refractivity contribution in [3.05, 3.63) is 74.0 Å². The van der Waals surface area contributed by atoms with E-state index in [0.29, 0.717) is 10.8 Å². The number of thiazole rings is 1. The molecule has 0 bridgehead atoms. The molecule has 5 rings (SSSR count). The van der Waals surface area contributed by atoms with Gasteiger partial charge >= 0.3 is 0 Å². The lowest BCUT2D eigenvalue weighted by Gasteiger charge is -2.28. The van der Waals surface area contributed by atoms with Crippen LogP contribution in [0.25, 0.3) is 11.3 Å². The van der Waals surface area contributed by atoms with E-state index in [4.69, 9.17) is 4.74 Å². The van der Waals surface area contributed by atoms with E-state index in [1.165, 1.54) is 38.2 Å². The largest absolute Gasteiger partial charge is 0.507 e. The Balaban J connectivity index is 1.56. The molecule has 1 unspecified atom stereocenters. The van der Waals surface area contributed by atoms with Gasteiger partial charge in [0.1, 0.15) is 39.8 Å². The Morgan fingerprint density at radius 3 is 2.59 bits per heavy atom. The molecule has 1 atom stereocenters. The van der Waals surface area contributed by atoms with Crippen LogP contribution in [0.2, 0.25) is 0 Å². The minimum absolute atomic E-state index is 0.0236. The number of phenolic OH excluding ortho intramolecular Hbond substituents is 2. The minimum Gasteiger partial charge on any atom is -0.507 e. The van der Waals surface area contributed by atoms with E-state index >= 15 is 0 Å². The van der Waals surface area contributed by atoms with Crippen molar-refractivity contribution in [2.75, 3.05) is 5.43 Å². The molecule has 3 aromatic rings. The molecule has 2 aliphatic rings. The van der Waals surface area contributed by atoms with Crippen molar-refractivity contribution in [2.45, 2.75) is 26.2 Å². The summed E-state index contributed by atoms with van der Waals surface area (Å²) in [5.41, 5.74) is 2.47. The second kappa shape index (κ2) is 8.86. The molecule has 4 N–H and O–H groups in total. The van der Waals surface area contributed by atoms with Crippen LogP contribution in [0.5, 0.6) is 17.2 Å². The number of nitrogens with one attached hydrogen (secondary N) is 1. The molecule has 0 spiro atoms. The summed E-state index contributed by atoms with van der Waals surface area (Å²) in [5, 5.41) is 38.6. The number of nitrogens with zero attached hydrogens (tertiary/aromatic N) is 2. The number of aromatic hydroxyl groups is 2. The van der Waals surface area contributed by atoms with Crippen LogP contribution in [0.4, 0.5) is 5.13 Å². The number of ketones is 2. The van der Waals surface area contributed by atoms with Crippen LogP contribution in [0.3, 0.4) is 0 Å². The van der Waals surface area contributed by atoms with Crippen LogP contribution in [0.1, 0.15) is 30.5 Å². The van der Waals surface area contributed by atoms with Gasteiger partial charge in [-0.2, -0.15) is 5.10 Å². The van der Waals surface area contributed by atoms with Crippen molar-refractivity contribution >= 4 is 50.2 Å². The first-order chi connectivity index (χ1) is 17.5. The molecule has 0 saturated carbocycles. The number of fused-ring (bicyclic) bond motifs is 3. The number of halogens is 1. The van der Waals surface area contributed by atoms with Gasteiger partial charge in [0.2, 0.25) is 5.13 Å². The molecular weight excluding hydrogens is 562 g/mol. The maximum atomic E-state index is 13.4. The van der Waals surface area contributed by atoms with Crippen molar-refractivity contribution in [3.63, 3.8) is 0 Å². The highest BCUT2D eigenvalue weighted by atomic mass is 79.9. The van der Waals surface area contributed by atoms with Crippen LogP contribution in [-0.2, 0) is 15.0 Å². The van der Waals surface area contributed by atoms with E-state index in [9.17, 15) is 24.9 Å². The van der Waals surface area contributed by atoms with Crippen LogP contribution < -0.4 is 10.2 Å². The number of phenols is 2. The van der Waals surface area contributed by atoms with Crippen LogP contribution in [0, 0.1) is 6.92 Å². The fourth-order valence-electron chi connectivity index (χ4n) is 4.42. The van der Waals surface area contributed by atoms with Gasteiger partial charge in [-0.3, -0.25) is 15.0 Å². The first kappa shape index (κ1) is 24.7. The van der Waals surface area contributed by atoms with Gasteiger partial charge in [0.15, 0.2) is 11.6 Å². The van der Waals surface area contributed by atoms with Crippen LogP contribution in [-0.4, -0.2) is 38.1 Å². The van der Waals surface area contributed by atoms with Crippen molar-refractivity contribution in [1.82, 2.24) is 4.98 Å². The summed E-state index contributed by atoms with van der Waals surface area (Å²) in [5.74, 6) is -2.38. The van der Waals surface area contributed by atoms with Crippen molar-refractivity contribution < 1.29 is 29.6 Å². The van der Waals surface area contributed by atoms with Gasteiger partial charge in [-0.1, -0.05) is 28.1 Å². The SMILES string of the molecule is CC(=O)C1=C(O)C=C2Oc3c(-c4csc(NN=Cc5ccc(Br)cc5)n4)c(O)c(C)c(O)c3C2(C)C1=O. The van der Waals surface area contributed by atoms with Gasteiger partial charge in [-0.05, 0) is 38.5 Å². The Bertz CT molecular complexity index is 1590. The standard InChI is InChI=1S/C26H20BrN3O6S/c1-11-21(33)19(15-10-37-25(29-15)30-28-9-13-4-6-14(27)7-5-13)23-20(22(11)34)26(3)17(36-23)8-16(32)18(12(2)31)24(26)35/h4-10,32-34H,1-3H3,(H,29,30). The highest BCUT2D eigenvalue weighted by molar-refractivity contribution is 9.10. The number of hydrogen-bond acceptors (Lipinski definition) is 10. The summed E-state index contributed by atoms with van der Waals surface area (Å²) in [6, 6.07) is 7.57. The van der Waals surface area contributed by atoms with Gasteiger partial charge in [-0.15, -0.1) is 11.3 Å². The van der Waals surface area contributed by atoms with Gasteiger partial charge in [0, 0.05) is 21.5 Å². The van der Waals surface area contributed by atoms with Gasteiger partial charge < -0.3 is 20.1 Å². The quantitative estimate of drug-likeness (QED) is 0.182. The highest BCUT2D eigenvalue weighted by Gasteiger charge is 2.55. The molecule has 1 aliphatic carbocycles. The Labute approximate surface area is 223 Å². The molecule has 37 heavy (non-hydrogen) atoms. The molecule has 0 saturated heterocycles. The molecule has 9 nitrogen and oxygen atoms in total. The first-order valence-electron chi connectivity index (χ1n) is 11.0. The van der Waals surface area contributed by atoms with Crippen LogP contribution >= 0.6 is 27.3 Å². The van der Waals surface area contributed by atoms with E-state index in [2.05, 4.69) is 31.4 Å². The third-order valence-corrected chi connectivity index (χ3v) is 7.68. The van der Waals surface area contributed by atoms with Gasteiger partial charge in [-0.25, -0.2) is 4.98 Å². The number of hydrazone groups is 1. The van der Waals surface area contributed by atoms with E-state index in [1.54, 1.807) is 11.6 Å². The molecule has 0 fully saturated rings. The van der Waals surface area contributed by atoms with Crippen LogP contribution in [0.15, 0.2) is 62.4 Å². The Morgan fingerprint density at radius 2 is 1.92 bits per heavy atom. The Kier molecular flexibility index (Phi) is 5.92. The zero-order valence-electron chi connectivity index (χ0n) is 19.8. The van der Waals surface area contributed by atoms with E-state index in [1.807, 2.05) is 24.3 Å². The lowest BCUT2D eigenvalue weighted by atomic mass is 9.71. The molecule has 11 heteroatoms. The third kappa shape index (κ3) is 3.82. The lowest BCUT2D eigenvalue weighted by molar-refractivity contribution is -0.123. The predicted octanol–water partition coefficient (Wildman–Crippen LogP) is 5.26. The molecular formula is C26H20BrN3O6S. The Hall–Kier alpha value is -3.96. The fourth-order valence-corrected chi connectivity index (χ4v) is 5.33. The lowest BCUT2D eigenvalue weighted by Crippen LogP contribution is -2.38. The van der Waals surface area contributed by atoms with E-state index in [0.717, 1.165) is 10.0 Å². The third-order valence-electron chi connectivity index (χ3n) is 6.40. The summed E-state index contributed by atoms with van der Waals surface area (Å²) in [6.45, 7) is 4.19. The smallest absolute Gasteiger partial charge is 0.203 e. The minimum atomic E-state index is -1.58. The zero-order valence-corrected chi connectivity index (χ0v) is 22.2.